The van der Waals surface area contributed by atoms with Gasteiger partial charge >= 0.3 is 13.7 Å². The molecule has 0 aliphatic heterocycles. The van der Waals surface area contributed by atoms with E-state index in [1.54, 1.807) is 37.5 Å². The third-order valence-electron chi connectivity index (χ3n) is 5.56. The molecule has 1 aromatic carbocycles. The molecule has 4 rings (SSSR count). The Kier molecular flexibility index (Phi) is 7.03. The van der Waals surface area contributed by atoms with E-state index in [2.05, 4.69) is 15.0 Å². The van der Waals surface area contributed by atoms with E-state index in [4.69, 9.17) is 30.9 Å². The van der Waals surface area contributed by atoms with Gasteiger partial charge in [0.1, 0.15) is 5.52 Å². The highest BCUT2D eigenvalue weighted by Gasteiger charge is 2.32. The Labute approximate surface area is 201 Å². The third kappa shape index (κ3) is 5.43. The summed E-state index contributed by atoms with van der Waals surface area (Å²) in [5.74, 6) is -0.728. The van der Waals surface area contributed by atoms with Crippen LogP contribution < -0.4 is 22.0 Å². The maximum Gasteiger partial charge on any atom is 0.458 e. The van der Waals surface area contributed by atoms with Crippen LogP contribution in [0, 0.1) is 5.92 Å². The zero-order valence-corrected chi connectivity index (χ0v) is 20.1. The number of imidazole rings is 1. The lowest BCUT2D eigenvalue weighted by molar-refractivity contribution is -0.138. The van der Waals surface area contributed by atoms with Crippen LogP contribution in [0.1, 0.15) is 19.4 Å². The minimum Gasteiger partial charge on any atom is -0.382 e. The van der Waals surface area contributed by atoms with Crippen LogP contribution in [0.25, 0.3) is 11.2 Å². The minimum atomic E-state index is -4.17. The lowest BCUT2D eigenvalue weighted by atomic mass is 10.1. The summed E-state index contributed by atoms with van der Waals surface area (Å²) in [4.78, 5) is 30.3. The molecular formula is C21H27N8O5P. The number of para-hydroxylation sites is 1. The molecule has 0 bridgehead atoms. The van der Waals surface area contributed by atoms with Crippen molar-refractivity contribution >= 4 is 42.3 Å². The summed E-state index contributed by atoms with van der Waals surface area (Å²) in [6.45, 7) is 1.53. The normalized spacial score (nSPS) is 20.0. The molecule has 4 atom stereocenters. The van der Waals surface area contributed by atoms with Crippen LogP contribution in [0.3, 0.4) is 0 Å². The molecule has 0 saturated heterocycles. The summed E-state index contributed by atoms with van der Waals surface area (Å²) in [6, 6.07) is 7.90. The number of benzene rings is 1. The van der Waals surface area contributed by atoms with E-state index in [0.29, 0.717) is 23.3 Å². The van der Waals surface area contributed by atoms with E-state index in [-0.39, 0.29) is 30.3 Å². The lowest BCUT2D eigenvalue weighted by Gasteiger charge is -2.27. The zero-order valence-electron chi connectivity index (χ0n) is 19.2. The minimum absolute atomic E-state index is 0.0129. The topological polar surface area (TPSA) is 187 Å². The number of nitrogens with zero attached hydrogens (tertiary/aromatic N) is 5. The molecule has 186 valence electrons. The molecule has 2 aromatic heterocycles. The van der Waals surface area contributed by atoms with Gasteiger partial charge in [0, 0.05) is 5.92 Å². The first kappa shape index (κ1) is 24.6. The van der Waals surface area contributed by atoms with Crippen molar-refractivity contribution < 1.29 is 23.2 Å². The Morgan fingerprint density at radius 3 is 2.71 bits per heavy atom. The zero-order chi connectivity index (χ0) is 25.2. The van der Waals surface area contributed by atoms with Gasteiger partial charge in [-0.1, -0.05) is 30.4 Å². The van der Waals surface area contributed by atoms with Gasteiger partial charge < -0.3 is 20.6 Å². The van der Waals surface area contributed by atoms with Crippen LogP contribution in [0.4, 0.5) is 17.5 Å². The van der Waals surface area contributed by atoms with E-state index in [9.17, 15) is 9.36 Å². The second-order valence-electron chi connectivity index (χ2n) is 8.00. The fourth-order valence-corrected chi connectivity index (χ4v) is 4.72. The molecule has 2 heterocycles. The van der Waals surface area contributed by atoms with E-state index >= 15 is 0 Å². The molecule has 0 fully saturated rings. The molecule has 6 N–H and O–H groups in total. The number of fused-ring (bicyclic) bond motifs is 1. The van der Waals surface area contributed by atoms with Crippen LogP contribution in [0.15, 0.2) is 48.8 Å². The van der Waals surface area contributed by atoms with Crippen LogP contribution >= 0.6 is 7.75 Å². The first-order valence-corrected chi connectivity index (χ1v) is 12.4. The molecule has 1 unspecified atom stereocenters. The number of nitrogen functional groups attached to an aromatic ring is 2. The number of hydrogen-bond donors (Lipinski definition) is 3. The number of rotatable bonds is 9. The molecule has 14 heteroatoms. The highest BCUT2D eigenvalue weighted by Crippen LogP contribution is 2.42. The maximum absolute atomic E-state index is 12.7. The highest BCUT2D eigenvalue weighted by atomic mass is 31.2. The number of carbonyl (C=O) groups is 1. The first-order chi connectivity index (χ1) is 16.7. The molecule has 0 spiro atoms. The maximum atomic E-state index is 12.7. The lowest BCUT2D eigenvalue weighted by Crippen LogP contribution is -2.39. The number of hydroxylamine groups is 1. The fraction of sp³-hybridized carbons (Fsp3) is 0.333. The smallest absolute Gasteiger partial charge is 0.382 e. The SMILES string of the molecule is CON(c1ccccc1)[C@@H](C)C(=O)OP(N)(=O)OC[C@@H]1C=C[C@H](n2cnc3c(N)nc(N)nc32)C1. The summed E-state index contributed by atoms with van der Waals surface area (Å²) in [5, 5.41) is 1.32. The Morgan fingerprint density at radius 1 is 1.26 bits per heavy atom. The average molecular weight is 502 g/mol. The fourth-order valence-electron chi connectivity index (χ4n) is 3.87. The number of hydrogen-bond acceptors (Lipinski definition) is 11. The van der Waals surface area contributed by atoms with Crippen LogP contribution in [-0.4, -0.2) is 45.2 Å². The summed E-state index contributed by atoms with van der Waals surface area (Å²) in [7, 11) is -2.75. The van der Waals surface area contributed by atoms with Crippen molar-refractivity contribution in [3.8, 4) is 0 Å². The van der Waals surface area contributed by atoms with E-state index < -0.39 is 19.8 Å². The van der Waals surface area contributed by atoms with Crippen molar-refractivity contribution in [2.24, 2.45) is 11.4 Å². The number of allylic oxidation sites excluding steroid dienone is 1. The second kappa shape index (κ2) is 10.0. The average Bonchev–Trinajstić information content (AvgIpc) is 3.45. The number of carbonyl (C=O) groups excluding carboxylic acids is 1. The molecule has 1 aliphatic carbocycles. The van der Waals surface area contributed by atoms with Crippen LogP contribution in [0.2, 0.25) is 0 Å². The number of aromatic nitrogens is 4. The molecule has 0 saturated carbocycles. The van der Waals surface area contributed by atoms with Crippen molar-refractivity contribution in [1.29, 1.82) is 0 Å². The van der Waals surface area contributed by atoms with Crippen molar-refractivity contribution in [2.45, 2.75) is 25.4 Å². The molecule has 0 amide bonds. The van der Waals surface area contributed by atoms with E-state index in [1.807, 2.05) is 22.8 Å². The van der Waals surface area contributed by atoms with Gasteiger partial charge in [-0.3, -0.25) is 9.36 Å². The highest BCUT2D eigenvalue weighted by molar-refractivity contribution is 7.51. The van der Waals surface area contributed by atoms with Gasteiger partial charge in [-0.15, -0.1) is 0 Å². The monoisotopic (exact) mass is 502 g/mol. The van der Waals surface area contributed by atoms with Gasteiger partial charge in [0.2, 0.25) is 5.95 Å². The number of nitrogens with two attached hydrogens (primary N) is 3. The van der Waals surface area contributed by atoms with E-state index in [1.165, 1.54) is 12.2 Å². The van der Waals surface area contributed by atoms with Gasteiger partial charge in [0.25, 0.3) is 0 Å². The predicted octanol–water partition coefficient (Wildman–Crippen LogP) is 2.19. The Hall–Kier alpha value is -3.51. The molecule has 0 radical (unpaired) electrons. The summed E-state index contributed by atoms with van der Waals surface area (Å²) < 4.78 is 24.8. The Bertz CT molecular complexity index is 1280. The van der Waals surface area contributed by atoms with Gasteiger partial charge in [-0.05, 0) is 25.5 Å². The largest absolute Gasteiger partial charge is 0.458 e. The summed E-state index contributed by atoms with van der Waals surface area (Å²) in [6.07, 6.45) is 6.04. The van der Waals surface area contributed by atoms with Crippen molar-refractivity contribution in [1.82, 2.24) is 19.5 Å². The second-order valence-corrected chi connectivity index (χ2v) is 9.53. The van der Waals surface area contributed by atoms with Gasteiger partial charge in [-0.2, -0.15) is 9.97 Å². The number of anilines is 3. The predicted molar refractivity (Wildman–Crippen MR) is 130 cm³/mol. The van der Waals surface area contributed by atoms with E-state index in [0.717, 1.165) is 0 Å². The molecule has 3 aromatic rings. The molecule has 35 heavy (non-hydrogen) atoms. The third-order valence-corrected chi connectivity index (χ3v) is 6.50. The quantitative estimate of drug-likeness (QED) is 0.220. The first-order valence-electron chi connectivity index (χ1n) is 10.8. The Morgan fingerprint density at radius 2 is 2.00 bits per heavy atom. The van der Waals surface area contributed by atoms with Gasteiger partial charge in [0.05, 0.1) is 31.8 Å². The standard InChI is InChI=1S/C21H27N8O5P/c1-13(29(32-2)15-6-4-3-5-7-15)20(30)34-35(24,31)33-11-14-8-9-16(10-14)28-12-25-17-18(22)26-21(23)27-19(17)28/h3-9,12-14,16H,10-11H2,1-2H3,(H2,24,31)(H4,22,23,26,27)/t13-,14+,16-,35?/m0/s1. The van der Waals surface area contributed by atoms with Gasteiger partial charge in [-0.25, -0.2) is 24.9 Å². The summed E-state index contributed by atoms with van der Waals surface area (Å²) in [5.41, 5.74) is 18.9. The molecular weight excluding hydrogens is 475 g/mol. The molecule has 13 nitrogen and oxygen atoms in total. The van der Waals surface area contributed by atoms with Crippen molar-refractivity contribution in [2.75, 3.05) is 30.2 Å². The van der Waals surface area contributed by atoms with Gasteiger partial charge in [0.15, 0.2) is 17.5 Å². The van der Waals surface area contributed by atoms with Crippen molar-refractivity contribution in [3.05, 3.63) is 48.8 Å². The summed E-state index contributed by atoms with van der Waals surface area (Å²) >= 11 is 0. The van der Waals surface area contributed by atoms with Crippen LogP contribution in [-0.2, 0) is 23.2 Å². The van der Waals surface area contributed by atoms with Crippen molar-refractivity contribution in [3.63, 3.8) is 0 Å². The Balaban J connectivity index is 1.34. The van der Waals surface area contributed by atoms with Crippen LogP contribution in [0.5, 0.6) is 0 Å². The molecule has 1 aliphatic rings.